The number of halogens is 4. The highest BCUT2D eigenvalue weighted by molar-refractivity contribution is 7.93. The number of fused-ring (bicyclic) bond motifs is 1. The van der Waals surface area contributed by atoms with Crippen molar-refractivity contribution in [3.63, 3.8) is 0 Å². The summed E-state index contributed by atoms with van der Waals surface area (Å²) in [6.45, 7) is 3.08. The van der Waals surface area contributed by atoms with Crippen molar-refractivity contribution in [1.29, 1.82) is 0 Å². The number of hydrogen-bond acceptors (Lipinski definition) is 10. The van der Waals surface area contributed by atoms with E-state index in [4.69, 9.17) is 25.8 Å². The molecule has 274 valence electrons. The Hall–Kier alpha value is -4.54. The number of anilines is 1. The van der Waals surface area contributed by atoms with Crippen molar-refractivity contribution in [1.82, 2.24) is 9.80 Å². The number of alkyl halides is 3. The summed E-state index contributed by atoms with van der Waals surface area (Å²) in [4.78, 5) is 43.7. The molecule has 51 heavy (non-hydrogen) atoms. The zero-order valence-electron chi connectivity index (χ0n) is 28.4. The summed E-state index contributed by atoms with van der Waals surface area (Å²) in [6, 6.07) is 10.3. The van der Waals surface area contributed by atoms with Gasteiger partial charge < -0.3 is 23.8 Å². The van der Waals surface area contributed by atoms with Gasteiger partial charge in [-0.3, -0.25) is 19.3 Å². The Morgan fingerprint density at radius 3 is 2.31 bits per heavy atom. The molecule has 17 heteroatoms. The molecule has 1 fully saturated rings. The van der Waals surface area contributed by atoms with Gasteiger partial charge in [0.25, 0.3) is 15.9 Å². The second kappa shape index (κ2) is 13.9. The molecule has 2 amide bonds. The van der Waals surface area contributed by atoms with Crippen molar-refractivity contribution in [2.45, 2.75) is 55.6 Å². The van der Waals surface area contributed by atoms with Gasteiger partial charge in [0.2, 0.25) is 5.91 Å². The predicted molar refractivity (Wildman–Crippen MR) is 178 cm³/mol. The zero-order valence-corrected chi connectivity index (χ0v) is 30.0. The standard InChI is InChI=1S/C34H35ClF3N3O9S/c1-7-30(42)49-22-16-26(31(43)39(3)4)40(18-22)33(24-14-19(2)8-12-27(24)48-6)23-15-20(35)9-11-25(23)41(32(33)44)51(45,46)29-13-10-21(47-5)17-28(29)50-34(36,37)38/h8-15,17,22,26H,7,16,18H2,1-6H3/t22-,26+,33?/m1/s1. The molecule has 2 heterocycles. The number of methoxy groups -OCH3 is 2. The van der Waals surface area contributed by atoms with E-state index in [0.717, 1.165) is 18.2 Å². The van der Waals surface area contributed by atoms with E-state index in [1.165, 1.54) is 56.3 Å². The van der Waals surface area contributed by atoms with Crippen LogP contribution in [0.25, 0.3) is 0 Å². The highest BCUT2D eigenvalue weighted by Gasteiger charge is 2.64. The van der Waals surface area contributed by atoms with Crippen molar-refractivity contribution in [2.75, 3.05) is 39.2 Å². The van der Waals surface area contributed by atoms with Gasteiger partial charge in [0.05, 0.1) is 25.9 Å². The second-order valence-corrected chi connectivity index (χ2v) is 14.3. The molecule has 0 N–H and O–H groups in total. The minimum Gasteiger partial charge on any atom is -0.497 e. The van der Waals surface area contributed by atoms with E-state index in [1.54, 1.807) is 32.0 Å². The van der Waals surface area contributed by atoms with Crippen LogP contribution in [0.4, 0.5) is 18.9 Å². The van der Waals surface area contributed by atoms with Crippen molar-refractivity contribution >= 4 is 45.1 Å². The fourth-order valence-corrected chi connectivity index (χ4v) is 8.30. The summed E-state index contributed by atoms with van der Waals surface area (Å²) in [6.07, 6.45) is -6.30. The Balaban J connectivity index is 1.87. The van der Waals surface area contributed by atoms with Crippen molar-refractivity contribution in [2.24, 2.45) is 0 Å². The van der Waals surface area contributed by atoms with Gasteiger partial charge in [-0.25, -0.2) is 12.7 Å². The molecule has 0 spiro atoms. The molecule has 1 saturated heterocycles. The van der Waals surface area contributed by atoms with Crippen LogP contribution in [0.2, 0.25) is 5.02 Å². The lowest BCUT2D eigenvalue weighted by molar-refractivity contribution is -0.275. The molecule has 3 aromatic carbocycles. The maximum Gasteiger partial charge on any atom is 0.573 e. The van der Waals surface area contributed by atoms with Gasteiger partial charge in [-0.05, 0) is 49.4 Å². The molecule has 1 unspecified atom stereocenters. The number of sulfonamides is 1. The summed E-state index contributed by atoms with van der Waals surface area (Å²) in [5.41, 5.74) is -1.78. The van der Waals surface area contributed by atoms with Crippen LogP contribution in [-0.2, 0) is 34.7 Å². The van der Waals surface area contributed by atoms with E-state index in [0.29, 0.717) is 9.87 Å². The summed E-state index contributed by atoms with van der Waals surface area (Å²) in [5.74, 6) is -3.43. The third-order valence-electron chi connectivity index (χ3n) is 8.71. The molecule has 5 rings (SSSR count). The molecular weight excluding hydrogens is 719 g/mol. The quantitative estimate of drug-likeness (QED) is 0.260. The molecule has 0 radical (unpaired) electrons. The van der Waals surface area contributed by atoms with Gasteiger partial charge in [0.1, 0.15) is 22.5 Å². The Kier molecular flexibility index (Phi) is 10.3. The average Bonchev–Trinajstić information content (AvgIpc) is 3.59. The summed E-state index contributed by atoms with van der Waals surface area (Å²) < 4.78 is 91.3. The molecule has 3 aromatic rings. The molecule has 12 nitrogen and oxygen atoms in total. The minimum atomic E-state index is -5.32. The van der Waals surface area contributed by atoms with Crippen LogP contribution in [0, 0.1) is 6.92 Å². The number of benzene rings is 3. The topological polar surface area (TPSA) is 132 Å². The number of likely N-dealkylation sites (tertiary alicyclic amines) is 1. The van der Waals surface area contributed by atoms with E-state index >= 15 is 4.79 Å². The Labute approximate surface area is 297 Å². The van der Waals surface area contributed by atoms with Crippen LogP contribution < -0.4 is 18.5 Å². The van der Waals surface area contributed by atoms with Crippen LogP contribution in [0.3, 0.4) is 0 Å². The van der Waals surface area contributed by atoms with Crippen LogP contribution in [0.15, 0.2) is 59.5 Å². The number of likely N-dealkylation sites (N-methyl/N-ethyl adjacent to an activating group) is 1. The first kappa shape index (κ1) is 37.7. The normalized spacial score (nSPS) is 20.6. The summed E-state index contributed by atoms with van der Waals surface area (Å²) in [7, 11) is 0.238. The minimum absolute atomic E-state index is 0.0155. The average molecular weight is 754 g/mol. The van der Waals surface area contributed by atoms with Crippen LogP contribution in [-0.4, -0.2) is 89.4 Å². The number of hydrogen-bond donors (Lipinski definition) is 0. The van der Waals surface area contributed by atoms with E-state index in [1.807, 2.05) is 0 Å². The van der Waals surface area contributed by atoms with Gasteiger partial charge >= 0.3 is 12.3 Å². The van der Waals surface area contributed by atoms with Gasteiger partial charge in [-0.15, -0.1) is 13.2 Å². The Bertz CT molecular complexity index is 1990. The van der Waals surface area contributed by atoms with Crippen LogP contribution in [0.5, 0.6) is 17.2 Å². The summed E-state index contributed by atoms with van der Waals surface area (Å²) >= 11 is 6.54. The Morgan fingerprint density at radius 2 is 1.71 bits per heavy atom. The molecule has 0 aromatic heterocycles. The zero-order chi connectivity index (χ0) is 37.6. The molecule has 2 aliphatic heterocycles. The van der Waals surface area contributed by atoms with Crippen molar-refractivity contribution in [3.05, 3.63) is 76.3 Å². The van der Waals surface area contributed by atoms with Crippen molar-refractivity contribution < 1.29 is 54.9 Å². The van der Waals surface area contributed by atoms with Crippen LogP contribution >= 0.6 is 11.6 Å². The fraction of sp³-hybridized carbons (Fsp3) is 0.382. The summed E-state index contributed by atoms with van der Waals surface area (Å²) in [5, 5.41) is 0.0750. The van der Waals surface area contributed by atoms with Gasteiger partial charge in [-0.1, -0.05) is 30.2 Å². The first-order valence-corrected chi connectivity index (χ1v) is 17.4. The SMILES string of the molecule is CCC(=O)O[C@@H]1C[C@@H](C(=O)N(C)C)N(C2(c3cc(C)ccc3OC)C(=O)N(S(=O)(=O)c3ccc(OC)cc3OC(F)(F)F)c3ccc(Cl)cc32)C1. The molecule has 3 atom stereocenters. The molecular formula is C34H35ClF3N3O9S. The fourth-order valence-electron chi connectivity index (χ4n) is 6.57. The second-order valence-electron chi connectivity index (χ2n) is 12.1. The number of esters is 1. The van der Waals surface area contributed by atoms with Crippen molar-refractivity contribution in [3.8, 4) is 17.2 Å². The predicted octanol–water partition coefficient (Wildman–Crippen LogP) is 5.03. The van der Waals surface area contributed by atoms with Gasteiger partial charge in [-0.2, -0.15) is 0 Å². The maximum atomic E-state index is 15.5. The van der Waals surface area contributed by atoms with Gasteiger partial charge in [0, 0.05) is 55.7 Å². The lowest BCUT2D eigenvalue weighted by Crippen LogP contribution is -2.59. The van der Waals surface area contributed by atoms with Crippen LogP contribution in [0.1, 0.15) is 36.5 Å². The Morgan fingerprint density at radius 1 is 1.00 bits per heavy atom. The van der Waals surface area contributed by atoms with E-state index in [9.17, 15) is 31.2 Å². The molecule has 0 bridgehead atoms. The highest BCUT2D eigenvalue weighted by atomic mass is 35.5. The monoisotopic (exact) mass is 753 g/mol. The van der Waals surface area contributed by atoms with E-state index < -0.39 is 62.5 Å². The highest BCUT2D eigenvalue weighted by Crippen LogP contribution is 2.55. The molecule has 0 saturated carbocycles. The lowest BCUT2D eigenvalue weighted by atomic mass is 9.80. The number of aryl methyl sites for hydroxylation is 1. The van der Waals surface area contributed by atoms with E-state index in [-0.39, 0.29) is 52.7 Å². The number of ether oxygens (including phenoxy) is 4. The number of amides is 2. The number of carbonyl (C=O) groups excluding carboxylic acids is 3. The number of nitrogens with zero attached hydrogens (tertiary/aromatic N) is 3. The largest absolute Gasteiger partial charge is 0.573 e. The first-order valence-electron chi connectivity index (χ1n) is 15.6. The third kappa shape index (κ3) is 6.67. The van der Waals surface area contributed by atoms with Gasteiger partial charge in [0.15, 0.2) is 11.3 Å². The third-order valence-corrected chi connectivity index (χ3v) is 10.7. The first-order chi connectivity index (χ1) is 23.9. The lowest BCUT2D eigenvalue weighted by Gasteiger charge is -2.42. The number of carbonyl (C=O) groups is 3. The number of rotatable bonds is 10. The van der Waals surface area contributed by atoms with E-state index in [2.05, 4.69) is 4.74 Å². The maximum absolute atomic E-state index is 15.5. The smallest absolute Gasteiger partial charge is 0.497 e. The molecule has 2 aliphatic rings. The molecule has 0 aliphatic carbocycles.